The molecular weight excluding hydrogens is 178 g/mol. The van der Waals surface area contributed by atoms with E-state index in [1.807, 2.05) is 10.9 Å². The van der Waals surface area contributed by atoms with E-state index < -0.39 is 5.91 Å². The van der Waals surface area contributed by atoms with Crippen molar-refractivity contribution in [2.24, 2.45) is 5.73 Å². The Morgan fingerprint density at radius 2 is 2.50 bits per heavy atom. The summed E-state index contributed by atoms with van der Waals surface area (Å²) >= 11 is 0. The quantitative estimate of drug-likeness (QED) is 0.708. The van der Waals surface area contributed by atoms with E-state index in [-0.39, 0.29) is 6.42 Å². The Bertz CT molecular complexity index is 370. The molecule has 1 aromatic rings. The van der Waals surface area contributed by atoms with Crippen LogP contribution in [0.15, 0.2) is 12.4 Å². The van der Waals surface area contributed by atoms with Crippen molar-refractivity contribution in [3.63, 3.8) is 0 Å². The van der Waals surface area contributed by atoms with Crippen molar-refractivity contribution < 1.29 is 4.79 Å². The zero-order valence-corrected chi connectivity index (χ0v) is 8.16. The fourth-order valence-electron chi connectivity index (χ4n) is 1.01. The summed E-state index contributed by atoms with van der Waals surface area (Å²) < 4.78 is 1.83. The first-order valence-electron chi connectivity index (χ1n) is 4.52. The number of rotatable bonds is 3. The molecule has 1 rings (SSSR count). The van der Waals surface area contributed by atoms with E-state index in [9.17, 15) is 4.79 Å². The molecule has 4 nitrogen and oxygen atoms in total. The first-order valence-corrected chi connectivity index (χ1v) is 4.52. The van der Waals surface area contributed by atoms with Crippen LogP contribution in [-0.4, -0.2) is 15.7 Å². The summed E-state index contributed by atoms with van der Waals surface area (Å²) in [5.41, 5.74) is 5.77. The number of hydrogen-bond acceptors (Lipinski definition) is 2. The largest absolute Gasteiger partial charge is 0.369 e. The maximum atomic E-state index is 10.4. The molecule has 0 saturated heterocycles. The van der Waals surface area contributed by atoms with Gasteiger partial charge in [-0.2, -0.15) is 5.10 Å². The number of nitrogens with two attached hydrogens (primary N) is 1. The number of nitrogens with zero attached hydrogens (tertiary/aromatic N) is 2. The molecule has 0 aliphatic carbocycles. The minimum atomic E-state index is -0.404. The van der Waals surface area contributed by atoms with Crippen molar-refractivity contribution in [2.75, 3.05) is 0 Å². The summed E-state index contributed by atoms with van der Waals surface area (Å²) in [4.78, 5) is 10.4. The van der Waals surface area contributed by atoms with Crippen molar-refractivity contribution in [3.8, 4) is 11.8 Å². The lowest BCUT2D eigenvalue weighted by Crippen LogP contribution is -2.08. The topological polar surface area (TPSA) is 60.9 Å². The fraction of sp³-hybridized carbons (Fsp3) is 0.400. The Hall–Kier alpha value is -1.76. The molecule has 0 atom stereocenters. The maximum Gasteiger partial charge on any atom is 0.229 e. The van der Waals surface area contributed by atoms with Gasteiger partial charge in [0.25, 0.3) is 0 Å². The van der Waals surface area contributed by atoms with Gasteiger partial charge in [0, 0.05) is 12.7 Å². The highest BCUT2D eigenvalue weighted by molar-refractivity contribution is 5.76. The lowest BCUT2D eigenvalue weighted by atomic mass is 10.3. The molecule has 0 aliphatic rings. The lowest BCUT2D eigenvalue weighted by molar-refractivity contribution is -0.117. The van der Waals surface area contributed by atoms with E-state index in [1.54, 1.807) is 6.20 Å². The minimum absolute atomic E-state index is 0.0962. The van der Waals surface area contributed by atoms with Crippen molar-refractivity contribution in [3.05, 3.63) is 18.0 Å². The normalized spacial score (nSPS) is 9.21. The molecule has 14 heavy (non-hydrogen) atoms. The van der Waals surface area contributed by atoms with Crippen LogP contribution in [0.5, 0.6) is 0 Å². The third kappa shape index (κ3) is 3.31. The van der Waals surface area contributed by atoms with Crippen LogP contribution in [0.3, 0.4) is 0 Å². The molecule has 1 amide bonds. The van der Waals surface area contributed by atoms with Crippen molar-refractivity contribution in [1.29, 1.82) is 0 Å². The van der Waals surface area contributed by atoms with E-state index in [0.717, 1.165) is 18.5 Å². The van der Waals surface area contributed by atoms with Gasteiger partial charge in [0.15, 0.2) is 0 Å². The van der Waals surface area contributed by atoms with Gasteiger partial charge >= 0.3 is 0 Å². The van der Waals surface area contributed by atoms with Crippen LogP contribution >= 0.6 is 0 Å². The Morgan fingerprint density at radius 3 is 3.14 bits per heavy atom. The Labute approximate surface area is 83.1 Å². The molecule has 0 aliphatic heterocycles. The summed E-state index contributed by atoms with van der Waals surface area (Å²) in [6.07, 6.45) is 4.68. The zero-order chi connectivity index (χ0) is 10.4. The Balaban J connectivity index is 2.57. The molecule has 4 heteroatoms. The average molecular weight is 191 g/mol. The van der Waals surface area contributed by atoms with Gasteiger partial charge in [-0.05, 0) is 6.42 Å². The van der Waals surface area contributed by atoms with Crippen LogP contribution in [0, 0.1) is 11.8 Å². The van der Waals surface area contributed by atoms with Gasteiger partial charge in [0.05, 0.1) is 18.2 Å². The maximum absolute atomic E-state index is 10.4. The smallest absolute Gasteiger partial charge is 0.229 e. The number of aromatic nitrogens is 2. The number of hydrogen-bond donors (Lipinski definition) is 1. The number of primary amides is 1. The number of aryl methyl sites for hydroxylation is 1. The summed E-state index contributed by atoms with van der Waals surface area (Å²) in [5, 5.41) is 4.10. The minimum Gasteiger partial charge on any atom is -0.369 e. The predicted octanol–water partition coefficient (Wildman–Crippen LogP) is 0.520. The van der Waals surface area contributed by atoms with Crippen LogP contribution < -0.4 is 5.73 Å². The molecule has 0 aromatic carbocycles. The molecular formula is C10H13N3O. The highest BCUT2D eigenvalue weighted by atomic mass is 16.1. The van der Waals surface area contributed by atoms with Crippen LogP contribution in [0.1, 0.15) is 25.3 Å². The molecule has 74 valence electrons. The second kappa shape index (κ2) is 5.07. The zero-order valence-electron chi connectivity index (χ0n) is 8.16. The molecule has 1 heterocycles. The lowest BCUT2D eigenvalue weighted by Gasteiger charge is -1.93. The highest BCUT2D eigenvalue weighted by Gasteiger charge is 1.93. The third-order valence-corrected chi connectivity index (χ3v) is 1.58. The van der Waals surface area contributed by atoms with Gasteiger partial charge in [-0.1, -0.05) is 18.8 Å². The number of carbonyl (C=O) groups excluding carboxylic acids is 1. The van der Waals surface area contributed by atoms with Crippen molar-refractivity contribution in [2.45, 2.75) is 26.3 Å². The van der Waals surface area contributed by atoms with Crippen LogP contribution in [-0.2, 0) is 11.3 Å². The standard InChI is InChI=1S/C10H13N3O/c1-2-6-13-8-9(7-12-13)4-3-5-10(11)14/h7-8H,2,5-6H2,1H3,(H2,11,14). The molecule has 1 aromatic heterocycles. The summed E-state index contributed by atoms with van der Waals surface area (Å²) in [7, 11) is 0. The van der Waals surface area contributed by atoms with Crippen LogP contribution in [0.4, 0.5) is 0 Å². The number of carbonyl (C=O) groups is 1. The van der Waals surface area contributed by atoms with E-state index >= 15 is 0 Å². The monoisotopic (exact) mass is 191 g/mol. The van der Waals surface area contributed by atoms with Gasteiger partial charge in [-0.3, -0.25) is 9.48 Å². The number of amides is 1. The molecule has 0 spiro atoms. The fourth-order valence-corrected chi connectivity index (χ4v) is 1.01. The van der Waals surface area contributed by atoms with Crippen molar-refractivity contribution in [1.82, 2.24) is 9.78 Å². The summed E-state index contributed by atoms with van der Waals surface area (Å²) in [6, 6.07) is 0. The summed E-state index contributed by atoms with van der Waals surface area (Å²) in [6.45, 7) is 2.97. The van der Waals surface area contributed by atoms with E-state index in [2.05, 4.69) is 23.9 Å². The van der Waals surface area contributed by atoms with Gasteiger partial charge in [-0.25, -0.2) is 0 Å². The SMILES string of the molecule is CCCn1cc(C#CCC(N)=O)cn1. The predicted molar refractivity (Wildman–Crippen MR) is 53.2 cm³/mol. The van der Waals surface area contributed by atoms with Gasteiger partial charge in [-0.15, -0.1) is 0 Å². The van der Waals surface area contributed by atoms with Crippen LogP contribution in [0.2, 0.25) is 0 Å². The molecule has 2 N–H and O–H groups in total. The van der Waals surface area contributed by atoms with Gasteiger partial charge < -0.3 is 5.73 Å². The Morgan fingerprint density at radius 1 is 1.71 bits per heavy atom. The van der Waals surface area contributed by atoms with E-state index in [1.165, 1.54) is 0 Å². The second-order valence-electron chi connectivity index (χ2n) is 2.94. The average Bonchev–Trinajstić information content (AvgIpc) is 2.53. The molecule has 0 unspecified atom stereocenters. The summed E-state index contributed by atoms with van der Waals surface area (Å²) in [5.74, 6) is 5.10. The third-order valence-electron chi connectivity index (χ3n) is 1.58. The first kappa shape index (κ1) is 10.3. The highest BCUT2D eigenvalue weighted by Crippen LogP contribution is 1.96. The van der Waals surface area contributed by atoms with E-state index in [0.29, 0.717) is 0 Å². The van der Waals surface area contributed by atoms with Crippen molar-refractivity contribution >= 4 is 5.91 Å². The molecule has 0 fully saturated rings. The Kier molecular flexibility index (Phi) is 3.74. The van der Waals surface area contributed by atoms with E-state index in [4.69, 9.17) is 5.73 Å². The second-order valence-corrected chi connectivity index (χ2v) is 2.94. The van der Waals surface area contributed by atoms with Gasteiger partial charge in [0.2, 0.25) is 5.91 Å². The van der Waals surface area contributed by atoms with Gasteiger partial charge in [0.1, 0.15) is 0 Å². The first-order chi connectivity index (χ1) is 6.72. The molecule has 0 radical (unpaired) electrons. The molecule has 0 saturated carbocycles. The van der Waals surface area contributed by atoms with Crippen LogP contribution in [0.25, 0.3) is 0 Å². The molecule has 0 bridgehead atoms.